The van der Waals surface area contributed by atoms with Crippen molar-refractivity contribution in [2.24, 2.45) is 0 Å². The molecule has 22 heavy (non-hydrogen) atoms. The molecular weight excluding hydrogens is 278 g/mol. The van der Waals surface area contributed by atoms with Gasteiger partial charge < -0.3 is 15.4 Å². The van der Waals surface area contributed by atoms with Crippen molar-refractivity contribution < 1.29 is 9.53 Å². The zero-order chi connectivity index (χ0) is 15.8. The number of carbonyl (C=O) groups is 1. The molecule has 2 N–H and O–H groups in total. The molecule has 0 spiro atoms. The van der Waals surface area contributed by atoms with Crippen LogP contribution in [0.5, 0.6) is 0 Å². The van der Waals surface area contributed by atoms with E-state index in [9.17, 15) is 4.79 Å². The number of benzene rings is 1. The van der Waals surface area contributed by atoms with E-state index in [0.717, 1.165) is 5.56 Å². The third kappa shape index (κ3) is 4.56. The summed E-state index contributed by atoms with van der Waals surface area (Å²) in [6, 6.07) is 13.3. The summed E-state index contributed by atoms with van der Waals surface area (Å²) in [6.07, 6.45) is 1.62. The summed E-state index contributed by atoms with van der Waals surface area (Å²) in [6.45, 7) is 3.20. The highest BCUT2D eigenvalue weighted by Gasteiger charge is 2.11. The summed E-state index contributed by atoms with van der Waals surface area (Å²) in [5.74, 6) is 0.547. The molecule has 0 aliphatic heterocycles. The second-order valence-electron chi connectivity index (χ2n) is 4.96. The van der Waals surface area contributed by atoms with E-state index in [1.807, 2.05) is 37.3 Å². The molecule has 1 aromatic heterocycles. The van der Waals surface area contributed by atoms with Crippen LogP contribution in [0.4, 0.5) is 5.82 Å². The van der Waals surface area contributed by atoms with Gasteiger partial charge >= 0.3 is 0 Å². The fourth-order valence-electron chi connectivity index (χ4n) is 2.05. The van der Waals surface area contributed by atoms with Gasteiger partial charge in [0.2, 0.25) is 0 Å². The van der Waals surface area contributed by atoms with Crippen LogP contribution in [0.2, 0.25) is 0 Å². The minimum atomic E-state index is -0.117. The smallest absolute Gasteiger partial charge is 0.251 e. The molecule has 0 saturated carbocycles. The molecule has 2 aromatic rings. The second-order valence-corrected chi connectivity index (χ2v) is 4.96. The Balaban J connectivity index is 1.98. The summed E-state index contributed by atoms with van der Waals surface area (Å²) >= 11 is 0. The first-order valence-electron chi connectivity index (χ1n) is 7.25. The van der Waals surface area contributed by atoms with E-state index in [4.69, 9.17) is 4.74 Å². The number of ether oxygens (including phenoxy) is 1. The Hall–Kier alpha value is -2.40. The fourth-order valence-corrected chi connectivity index (χ4v) is 2.05. The first-order valence-corrected chi connectivity index (χ1v) is 7.25. The van der Waals surface area contributed by atoms with Gasteiger partial charge in [-0.15, -0.1) is 0 Å². The zero-order valence-corrected chi connectivity index (χ0v) is 12.9. The molecule has 1 aromatic carbocycles. The molecule has 1 amide bonds. The lowest BCUT2D eigenvalue weighted by Crippen LogP contribution is -2.26. The monoisotopic (exact) mass is 299 g/mol. The van der Waals surface area contributed by atoms with Crippen LogP contribution < -0.4 is 10.6 Å². The minimum Gasteiger partial charge on any atom is -0.383 e. The lowest BCUT2D eigenvalue weighted by Gasteiger charge is -2.14. The Bertz CT molecular complexity index is 602. The standard InChI is InChI=1S/C17H21N3O2/c1-13(14-6-4-3-5-7-14)20-17(21)15-8-9-18-16(12-15)19-10-11-22-2/h3-9,12-13H,10-11H2,1-2H3,(H,18,19)(H,20,21). The van der Waals surface area contributed by atoms with Gasteiger partial charge in [-0.05, 0) is 24.6 Å². The Morgan fingerprint density at radius 1 is 1.27 bits per heavy atom. The Labute approximate surface area is 130 Å². The largest absolute Gasteiger partial charge is 0.383 e. The predicted molar refractivity (Wildman–Crippen MR) is 86.9 cm³/mol. The molecule has 0 fully saturated rings. The first-order chi connectivity index (χ1) is 10.7. The number of carbonyl (C=O) groups excluding carboxylic acids is 1. The van der Waals surface area contributed by atoms with Gasteiger partial charge in [-0.3, -0.25) is 4.79 Å². The van der Waals surface area contributed by atoms with Crippen molar-refractivity contribution in [1.82, 2.24) is 10.3 Å². The third-order valence-electron chi connectivity index (χ3n) is 3.28. The third-order valence-corrected chi connectivity index (χ3v) is 3.28. The van der Waals surface area contributed by atoms with E-state index in [-0.39, 0.29) is 11.9 Å². The number of hydrogen-bond acceptors (Lipinski definition) is 4. The van der Waals surface area contributed by atoms with Crippen LogP contribution >= 0.6 is 0 Å². The maximum atomic E-state index is 12.3. The van der Waals surface area contributed by atoms with Gasteiger partial charge in [-0.25, -0.2) is 4.98 Å². The molecular formula is C17H21N3O2. The van der Waals surface area contributed by atoms with Gasteiger partial charge in [0.25, 0.3) is 5.91 Å². The molecule has 2 rings (SSSR count). The van der Waals surface area contributed by atoms with Crippen LogP contribution in [-0.2, 0) is 4.74 Å². The topological polar surface area (TPSA) is 63.2 Å². The molecule has 116 valence electrons. The molecule has 0 radical (unpaired) electrons. The number of amides is 1. The van der Waals surface area contributed by atoms with Crippen molar-refractivity contribution in [3.05, 3.63) is 59.8 Å². The maximum absolute atomic E-state index is 12.3. The number of nitrogens with zero attached hydrogens (tertiary/aromatic N) is 1. The summed E-state index contributed by atoms with van der Waals surface area (Å²) in [7, 11) is 1.64. The Morgan fingerprint density at radius 3 is 2.77 bits per heavy atom. The van der Waals surface area contributed by atoms with Crippen LogP contribution in [0.3, 0.4) is 0 Å². The molecule has 5 nitrogen and oxygen atoms in total. The van der Waals surface area contributed by atoms with E-state index in [1.165, 1.54) is 0 Å². The molecule has 1 heterocycles. The quantitative estimate of drug-likeness (QED) is 0.772. The summed E-state index contributed by atoms with van der Waals surface area (Å²) in [4.78, 5) is 16.5. The number of nitrogens with one attached hydrogen (secondary N) is 2. The normalized spacial score (nSPS) is 11.7. The van der Waals surface area contributed by atoms with Gasteiger partial charge in [0, 0.05) is 25.4 Å². The van der Waals surface area contributed by atoms with E-state index in [2.05, 4.69) is 15.6 Å². The predicted octanol–water partition coefficient (Wildman–Crippen LogP) is 2.63. The minimum absolute atomic E-state index is 0.0493. The van der Waals surface area contributed by atoms with Crippen LogP contribution in [0.15, 0.2) is 48.7 Å². The number of anilines is 1. The van der Waals surface area contributed by atoms with Crippen molar-refractivity contribution in [2.75, 3.05) is 25.6 Å². The molecule has 1 atom stereocenters. The fraction of sp³-hybridized carbons (Fsp3) is 0.294. The number of hydrogen-bond donors (Lipinski definition) is 2. The van der Waals surface area contributed by atoms with Crippen molar-refractivity contribution >= 4 is 11.7 Å². The molecule has 0 aliphatic rings. The van der Waals surface area contributed by atoms with E-state index >= 15 is 0 Å². The summed E-state index contributed by atoms with van der Waals surface area (Å²) in [5.41, 5.74) is 1.65. The van der Waals surface area contributed by atoms with Gasteiger partial charge in [0.15, 0.2) is 0 Å². The van der Waals surface area contributed by atoms with Crippen molar-refractivity contribution in [2.45, 2.75) is 13.0 Å². The zero-order valence-electron chi connectivity index (χ0n) is 12.9. The second kappa shape index (κ2) is 8.14. The number of methoxy groups -OCH3 is 1. The van der Waals surface area contributed by atoms with Gasteiger partial charge in [-0.1, -0.05) is 30.3 Å². The molecule has 0 aliphatic carbocycles. The van der Waals surface area contributed by atoms with Crippen molar-refractivity contribution in [1.29, 1.82) is 0 Å². The van der Waals surface area contributed by atoms with E-state index < -0.39 is 0 Å². The first kappa shape index (κ1) is 16.0. The van der Waals surface area contributed by atoms with Crippen molar-refractivity contribution in [3.63, 3.8) is 0 Å². The van der Waals surface area contributed by atoms with E-state index in [0.29, 0.717) is 24.5 Å². The molecule has 0 saturated heterocycles. The number of aromatic nitrogens is 1. The number of rotatable bonds is 7. The lowest BCUT2D eigenvalue weighted by atomic mass is 10.1. The molecule has 0 bridgehead atoms. The highest BCUT2D eigenvalue weighted by molar-refractivity contribution is 5.95. The van der Waals surface area contributed by atoms with E-state index in [1.54, 1.807) is 25.4 Å². The Morgan fingerprint density at radius 2 is 2.05 bits per heavy atom. The van der Waals surface area contributed by atoms with Crippen LogP contribution in [0.1, 0.15) is 28.9 Å². The highest BCUT2D eigenvalue weighted by atomic mass is 16.5. The molecule has 1 unspecified atom stereocenters. The van der Waals surface area contributed by atoms with Gasteiger partial charge in [-0.2, -0.15) is 0 Å². The Kier molecular flexibility index (Phi) is 5.91. The van der Waals surface area contributed by atoms with Crippen LogP contribution in [-0.4, -0.2) is 31.2 Å². The average molecular weight is 299 g/mol. The van der Waals surface area contributed by atoms with Crippen molar-refractivity contribution in [3.8, 4) is 0 Å². The highest BCUT2D eigenvalue weighted by Crippen LogP contribution is 2.13. The summed E-state index contributed by atoms with van der Waals surface area (Å²) < 4.78 is 4.97. The lowest BCUT2D eigenvalue weighted by molar-refractivity contribution is 0.0940. The van der Waals surface area contributed by atoms with Gasteiger partial charge in [0.05, 0.1) is 12.6 Å². The average Bonchev–Trinajstić information content (AvgIpc) is 2.56. The number of pyridine rings is 1. The summed E-state index contributed by atoms with van der Waals surface area (Å²) in [5, 5.41) is 6.10. The maximum Gasteiger partial charge on any atom is 0.251 e. The van der Waals surface area contributed by atoms with Crippen LogP contribution in [0, 0.1) is 0 Å². The SMILES string of the molecule is COCCNc1cc(C(=O)NC(C)c2ccccc2)ccn1. The van der Waals surface area contributed by atoms with Gasteiger partial charge in [0.1, 0.15) is 5.82 Å². The molecule has 5 heteroatoms. The van der Waals surface area contributed by atoms with Crippen LogP contribution in [0.25, 0.3) is 0 Å².